The second-order valence-electron chi connectivity index (χ2n) is 3.79. The van der Waals surface area contributed by atoms with Crippen molar-refractivity contribution in [3.05, 3.63) is 42.2 Å². The van der Waals surface area contributed by atoms with Crippen molar-refractivity contribution in [1.29, 1.82) is 5.26 Å². The van der Waals surface area contributed by atoms with Gasteiger partial charge in [0.2, 0.25) is 0 Å². The second kappa shape index (κ2) is 5.57. The van der Waals surface area contributed by atoms with Gasteiger partial charge in [-0.05, 0) is 12.1 Å². The van der Waals surface area contributed by atoms with Gasteiger partial charge in [-0.15, -0.1) is 13.2 Å². The van der Waals surface area contributed by atoms with Crippen LogP contribution in [0.3, 0.4) is 0 Å². The summed E-state index contributed by atoms with van der Waals surface area (Å²) >= 11 is 0. The summed E-state index contributed by atoms with van der Waals surface area (Å²) in [5, 5.41) is 8.53. The molecule has 0 atom stereocenters. The van der Waals surface area contributed by atoms with Crippen molar-refractivity contribution in [3.63, 3.8) is 0 Å². The Hall–Kier alpha value is -2.62. The van der Waals surface area contributed by atoms with Gasteiger partial charge in [-0.25, -0.2) is 9.97 Å². The number of halogens is 3. The summed E-state index contributed by atoms with van der Waals surface area (Å²) in [4.78, 5) is 7.90. The molecule has 0 fully saturated rings. The van der Waals surface area contributed by atoms with E-state index in [1.54, 1.807) is 6.07 Å². The highest BCUT2D eigenvalue weighted by atomic mass is 19.4. The lowest BCUT2D eigenvalue weighted by molar-refractivity contribution is -0.274. The smallest absolute Gasteiger partial charge is 0.405 e. The molecule has 102 valence electrons. The highest BCUT2D eigenvalue weighted by Gasteiger charge is 2.32. The Kier molecular flexibility index (Phi) is 3.84. The SMILES string of the molecule is N#CCc1cnc(-c2ccccc2OC(F)(F)F)nc1. The number of nitriles is 1. The van der Waals surface area contributed by atoms with Gasteiger partial charge in [-0.3, -0.25) is 0 Å². The van der Waals surface area contributed by atoms with E-state index in [9.17, 15) is 13.2 Å². The third kappa shape index (κ3) is 3.45. The molecule has 0 spiro atoms. The molecule has 0 amide bonds. The van der Waals surface area contributed by atoms with Crippen LogP contribution in [0.4, 0.5) is 13.2 Å². The van der Waals surface area contributed by atoms with Crippen LogP contribution < -0.4 is 4.74 Å². The minimum Gasteiger partial charge on any atom is -0.405 e. The van der Waals surface area contributed by atoms with Crippen molar-refractivity contribution in [2.75, 3.05) is 0 Å². The van der Waals surface area contributed by atoms with Crippen LogP contribution in [0.2, 0.25) is 0 Å². The maximum absolute atomic E-state index is 12.3. The molecular formula is C13H8F3N3O. The van der Waals surface area contributed by atoms with Gasteiger partial charge in [0.25, 0.3) is 0 Å². The minimum atomic E-state index is -4.78. The molecule has 0 saturated heterocycles. The van der Waals surface area contributed by atoms with Crippen molar-refractivity contribution in [2.24, 2.45) is 0 Å². The number of alkyl halides is 3. The fraction of sp³-hybridized carbons (Fsp3) is 0.154. The molecule has 0 aliphatic heterocycles. The summed E-state index contributed by atoms with van der Waals surface area (Å²) in [6, 6.07) is 7.54. The maximum atomic E-state index is 12.3. The zero-order valence-corrected chi connectivity index (χ0v) is 10.1. The quantitative estimate of drug-likeness (QED) is 0.866. The molecule has 2 rings (SSSR count). The van der Waals surface area contributed by atoms with Crippen molar-refractivity contribution in [3.8, 4) is 23.2 Å². The molecule has 4 nitrogen and oxygen atoms in total. The first-order valence-corrected chi connectivity index (χ1v) is 5.52. The monoisotopic (exact) mass is 279 g/mol. The second-order valence-corrected chi connectivity index (χ2v) is 3.79. The van der Waals surface area contributed by atoms with Crippen molar-refractivity contribution >= 4 is 0 Å². The zero-order chi connectivity index (χ0) is 14.6. The standard InChI is InChI=1S/C13H8F3N3O/c14-13(15,16)20-11-4-2-1-3-10(11)12-18-7-9(5-6-17)8-19-12/h1-4,7-8H,5H2. The summed E-state index contributed by atoms with van der Waals surface area (Å²) in [6.45, 7) is 0. The van der Waals surface area contributed by atoms with E-state index in [4.69, 9.17) is 5.26 Å². The number of hydrogen-bond acceptors (Lipinski definition) is 4. The number of aromatic nitrogens is 2. The Labute approximate surface area is 112 Å². The number of para-hydroxylation sites is 1. The summed E-state index contributed by atoms with van der Waals surface area (Å²) in [6.07, 6.45) is -1.84. The van der Waals surface area contributed by atoms with Crippen LogP contribution in [0.5, 0.6) is 5.75 Å². The van der Waals surface area contributed by atoms with E-state index in [0.717, 1.165) is 0 Å². The molecular weight excluding hydrogens is 271 g/mol. The van der Waals surface area contributed by atoms with Crippen molar-refractivity contribution in [1.82, 2.24) is 9.97 Å². The molecule has 7 heteroatoms. The van der Waals surface area contributed by atoms with Crippen LogP contribution in [-0.2, 0) is 6.42 Å². The normalized spacial score (nSPS) is 10.9. The molecule has 0 aliphatic carbocycles. The first-order chi connectivity index (χ1) is 9.49. The summed E-state index contributed by atoms with van der Waals surface area (Å²) < 4.78 is 40.8. The van der Waals surface area contributed by atoms with Crippen molar-refractivity contribution < 1.29 is 17.9 Å². The average Bonchev–Trinajstić information content (AvgIpc) is 2.39. The van der Waals surface area contributed by atoms with Crippen LogP contribution in [0.25, 0.3) is 11.4 Å². The summed E-state index contributed by atoms with van der Waals surface area (Å²) in [5.74, 6) is -0.264. The molecule has 0 unspecified atom stereocenters. The average molecular weight is 279 g/mol. The van der Waals surface area contributed by atoms with E-state index in [-0.39, 0.29) is 23.6 Å². The van der Waals surface area contributed by atoms with Crippen molar-refractivity contribution in [2.45, 2.75) is 12.8 Å². The molecule has 0 N–H and O–H groups in total. The Morgan fingerprint density at radius 1 is 1.15 bits per heavy atom. The first kappa shape index (κ1) is 13.8. The van der Waals surface area contributed by atoms with E-state index in [1.807, 2.05) is 6.07 Å². The topological polar surface area (TPSA) is 58.8 Å². The maximum Gasteiger partial charge on any atom is 0.573 e. The molecule has 1 aromatic carbocycles. The van der Waals surface area contributed by atoms with Crippen LogP contribution in [0.15, 0.2) is 36.7 Å². The summed E-state index contributed by atoms with van der Waals surface area (Å²) in [5.41, 5.74) is 0.721. The predicted molar refractivity (Wildman–Crippen MR) is 63.5 cm³/mol. The van der Waals surface area contributed by atoms with Gasteiger partial charge in [-0.2, -0.15) is 5.26 Å². The van der Waals surface area contributed by atoms with Crippen LogP contribution in [0, 0.1) is 11.3 Å². The largest absolute Gasteiger partial charge is 0.573 e. The van der Waals surface area contributed by atoms with Gasteiger partial charge in [-0.1, -0.05) is 12.1 Å². The van der Waals surface area contributed by atoms with Gasteiger partial charge in [0.05, 0.1) is 18.1 Å². The van der Waals surface area contributed by atoms with Gasteiger partial charge in [0.15, 0.2) is 5.82 Å². The number of hydrogen-bond donors (Lipinski definition) is 0. The van der Waals surface area contributed by atoms with Gasteiger partial charge >= 0.3 is 6.36 Å². The van der Waals surface area contributed by atoms with Crippen LogP contribution in [0.1, 0.15) is 5.56 Å². The lowest BCUT2D eigenvalue weighted by atomic mass is 10.2. The van der Waals surface area contributed by atoms with E-state index < -0.39 is 6.36 Å². The number of nitrogens with zero attached hydrogens (tertiary/aromatic N) is 3. The third-order valence-electron chi connectivity index (χ3n) is 2.34. The fourth-order valence-corrected chi connectivity index (χ4v) is 1.54. The molecule has 1 aromatic heterocycles. The predicted octanol–water partition coefficient (Wildman–Crippen LogP) is 3.11. The highest BCUT2D eigenvalue weighted by Crippen LogP contribution is 2.31. The Balaban J connectivity index is 2.35. The number of ether oxygens (including phenoxy) is 1. The van der Waals surface area contributed by atoms with Crippen LogP contribution in [-0.4, -0.2) is 16.3 Å². The van der Waals surface area contributed by atoms with Gasteiger partial charge in [0, 0.05) is 18.0 Å². The Morgan fingerprint density at radius 2 is 1.80 bits per heavy atom. The molecule has 2 aromatic rings. The zero-order valence-electron chi connectivity index (χ0n) is 10.1. The molecule has 0 radical (unpaired) electrons. The lowest BCUT2D eigenvalue weighted by Gasteiger charge is -2.12. The Morgan fingerprint density at radius 3 is 2.40 bits per heavy atom. The molecule has 0 saturated carbocycles. The number of rotatable bonds is 3. The Bertz CT molecular complexity index is 633. The first-order valence-electron chi connectivity index (χ1n) is 5.52. The lowest BCUT2D eigenvalue weighted by Crippen LogP contribution is -2.17. The molecule has 0 aliphatic rings. The fourth-order valence-electron chi connectivity index (χ4n) is 1.54. The van der Waals surface area contributed by atoms with E-state index in [2.05, 4.69) is 14.7 Å². The minimum absolute atomic E-state index is 0.103. The van der Waals surface area contributed by atoms with E-state index >= 15 is 0 Å². The van der Waals surface area contributed by atoms with Crippen LogP contribution >= 0.6 is 0 Å². The molecule has 0 bridgehead atoms. The van der Waals surface area contributed by atoms with E-state index in [0.29, 0.717) is 5.56 Å². The molecule has 20 heavy (non-hydrogen) atoms. The van der Waals surface area contributed by atoms with E-state index in [1.165, 1.54) is 30.6 Å². The highest BCUT2D eigenvalue weighted by molar-refractivity contribution is 5.63. The number of benzene rings is 1. The van der Waals surface area contributed by atoms with Gasteiger partial charge in [0.1, 0.15) is 5.75 Å². The third-order valence-corrected chi connectivity index (χ3v) is 2.34. The molecule has 1 heterocycles. The van der Waals surface area contributed by atoms with Gasteiger partial charge < -0.3 is 4.74 Å². The summed E-state index contributed by atoms with van der Waals surface area (Å²) in [7, 11) is 0.